The zero-order chi connectivity index (χ0) is 16.8. The molecule has 0 aliphatic heterocycles. The van der Waals surface area contributed by atoms with Gasteiger partial charge in [0, 0.05) is 12.0 Å². The molecule has 122 valence electrons. The molecule has 0 aliphatic carbocycles. The number of carboxylic acid groups (broad SMARTS) is 1. The van der Waals surface area contributed by atoms with E-state index in [9.17, 15) is 9.59 Å². The average molecular weight is 319 g/mol. The lowest BCUT2D eigenvalue weighted by atomic mass is 10.2. The van der Waals surface area contributed by atoms with E-state index in [1.807, 2.05) is 6.92 Å². The predicted molar refractivity (Wildman–Crippen MR) is 79.0 cm³/mol. The summed E-state index contributed by atoms with van der Waals surface area (Å²) in [5.41, 5.74) is 0.346. The lowest BCUT2D eigenvalue weighted by molar-refractivity contribution is -0.138. The van der Waals surface area contributed by atoms with Gasteiger partial charge >= 0.3 is 5.97 Å². The van der Waals surface area contributed by atoms with Crippen LogP contribution in [0.4, 0.5) is 0 Å². The third-order valence-corrected chi connectivity index (χ3v) is 3.02. The summed E-state index contributed by atoms with van der Waals surface area (Å²) in [6.07, 6.45) is 0.658. The average Bonchev–Trinajstić information content (AvgIpc) is 3.01. The van der Waals surface area contributed by atoms with Crippen molar-refractivity contribution in [2.45, 2.75) is 32.9 Å². The number of hydrogen-bond donors (Lipinski definition) is 2. The molecule has 2 aromatic rings. The Balaban J connectivity index is 1.91. The number of ether oxygens (including phenoxy) is 1. The van der Waals surface area contributed by atoms with Gasteiger partial charge in [-0.1, -0.05) is 12.1 Å². The van der Waals surface area contributed by atoms with Crippen LogP contribution in [0.25, 0.3) is 0 Å². The molecular formula is C15H17N3O5. The zero-order valence-corrected chi connectivity index (χ0v) is 12.8. The largest absolute Gasteiger partial charge is 0.485 e. The topological polar surface area (TPSA) is 115 Å². The molecule has 8 heteroatoms. The number of nitrogens with zero attached hydrogens (tertiary/aromatic N) is 2. The standard InChI is InChI=1S/C15H17N3O5/c1-3-13-17-12(18-23-13)8-22-11-6-4-10(5-7-11)14(19)16-9(2)15(20)21/h4-7,9H,3,8H2,1-2H3,(H,16,19)(H,20,21)/t9-/m0/s1. The normalized spacial score (nSPS) is 11.7. The molecule has 0 fully saturated rings. The maximum Gasteiger partial charge on any atom is 0.325 e. The Bertz CT molecular complexity index is 681. The number of carboxylic acids is 1. The molecule has 0 spiro atoms. The molecule has 23 heavy (non-hydrogen) atoms. The summed E-state index contributed by atoms with van der Waals surface area (Å²) in [5.74, 6) is -0.0279. The summed E-state index contributed by atoms with van der Waals surface area (Å²) < 4.78 is 10.5. The number of benzene rings is 1. The van der Waals surface area contributed by atoms with Crippen LogP contribution in [0.5, 0.6) is 5.75 Å². The Kier molecular flexibility index (Phi) is 5.29. The van der Waals surface area contributed by atoms with Crippen molar-refractivity contribution >= 4 is 11.9 Å². The van der Waals surface area contributed by atoms with Crippen LogP contribution in [0.2, 0.25) is 0 Å². The molecule has 0 saturated carbocycles. The summed E-state index contributed by atoms with van der Waals surface area (Å²) in [5, 5.41) is 14.9. The molecule has 0 radical (unpaired) electrons. The Morgan fingerprint density at radius 2 is 2.04 bits per heavy atom. The fourth-order valence-electron chi connectivity index (χ4n) is 1.68. The van der Waals surface area contributed by atoms with Gasteiger partial charge in [0.15, 0.2) is 6.61 Å². The number of rotatable bonds is 7. The molecule has 2 rings (SSSR count). The first-order chi connectivity index (χ1) is 11.0. The number of hydrogen-bond acceptors (Lipinski definition) is 6. The van der Waals surface area contributed by atoms with Crippen LogP contribution < -0.4 is 10.1 Å². The van der Waals surface area contributed by atoms with Crippen molar-refractivity contribution in [3.05, 3.63) is 41.5 Å². The summed E-state index contributed by atoms with van der Waals surface area (Å²) in [7, 11) is 0. The van der Waals surface area contributed by atoms with Gasteiger partial charge in [0.25, 0.3) is 5.91 Å². The lowest BCUT2D eigenvalue weighted by Gasteiger charge is -2.09. The maximum absolute atomic E-state index is 11.8. The third-order valence-electron chi connectivity index (χ3n) is 3.02. The van der Waals surface area contributed by atoms with Crippen molar-refractivity contribution in [3.63, 3.8) is 0 Å². The van der Waals surface area contributed by atoms with E-state index in [2.05, 4.69) is 15.5 Å². The third kappa shape index (κ3) is 4.53. The van der Waals surface area contributed by atoms with Gasteiger partial charge in [0.05, 0.1) is 0 Å². The zero-order valence-electron chi connectivity index (χ0n) is 12.8. The molecule has 0 saturated heterocycles. The smallest absolute Gasteiger partial charge is 0.325 e. The van der Waals surface area contributed by atoms with Gasteiger partial charge in [0.2, 0.25) is 11.7 Å². The predicted octanol–water partition coefficient (Wildman–Crippen LogP) is 1.41. The van der Waals surface area contributed by atoms with Gasteiger partial charge in [-0.25, -0.2) is 0 Å². The summed E-state index contributed by atoms with van der Waals surface area (Å²) in [6, 6.07) is 5.37. The van der Waals surface area contributed by atoms with Crippen molar-refractivity contribution in [2.75, 3.05) is 0 Å². The van der Waals surface area contributed by atoms with E-state index in [1.165, 1.54) is 6.92 Å². The highest BCUT2D eigenvalue weighted by Crippen LogP contribution is 2.14. The quantitative estimate of drug-likeness (QED) is 0.793. The number of aromatic nitrogens is 2. The van der Waals surface area contributed by atoms with Gasteiger partial charge in [-0.05, 0) is 31.2 Å². The van der Waals surface area contributed by atoms with Crippen molar-refractivity contribution in [1.29, 1.82) is 0 Å². The molecule has 0 bridgehead atoms. The molecule has 2 N–H and O–H groups in total. The van der Waals surface area contributed by atoms with Crippen molar-refractivity contribution < 1.29 is 24.0 Å². The van der Waals surface area contributed by atoms with Crippen LogP contribution in [0.15, 0.2) is 28.8 Å². The summed E-state index contributed by atoms with van der Waals surface area (Å²) in [6.45, 7) is 3.46. The number of aryl methyl sites for hydroxylation is 1. The van der Waals surface area contributed by atoms with Crippen molar-refractivity contribution in [2.24, 2.45) is 0 Å². The van der Waals surface area contributed by atoms with E-state index in [0.29, 0.717) is 29.4 Å². The van der Waals surface area contributed by atoms with Crippen molar-refractivity contribution in [3.8, 4) is 5.75 Å². The lowest BCUT2D eigenvalue weighted by Crippen LogP contribution is -2.38. The van der Waals surface area contributed by atoms with Gasteiger partial charge in [0.1, 0.15) is 11.8 Å². The molecule has 1 amide bonds. The second kappa shape index (κ2) is 7.39. The van der Waals surface area contributed by atoms with E-state index < -0.39 is 17.9 Å². The molecule has 1 heterocycles. The fourth-order valence-corrected chi connectivity index (χ4v) is 1.68. The first-order valence-corrected chi connectivity index (χ1v) is 7.07. The van der Waals surface area contributed by atoms with E-state index in [0.717, 1.165) is 0 Å². The Morgan fingerprint density at radius 3 is 2.61 bits per heavy atom. The van der Waals surface area contributed by atoms with Crippen LogP contribution in [-0.4, -0.2) is 33.2 Å². The van der Waals surface area contributed by atoms with Crippen LogP contribution >= 0.6 is 0 Å². The van der Waals surface area contributed by atoms with Crippen LogP contribution in [0.3, 0.4) is 0 Å². The van der Waals surface area contributed by atoms with Gasteiger partial charge in [-0.2, -0.15) is 4.98 Å². The van der Waals surface area contributed by atoms with E-state index in [4.69, 9.17) is 14.4 Å². The first kappa shape index (κ1) is 16.5. The number of carbonyl (C=O) groups is 2. The second-order valence-corrected chi connectivity index (χ2v) is 4.80. The Labute approximate surface area is 132 Å². The van der Waals surface area contributed by atoms with Crippen LogP contribution in [-0.2, 0) is 17.8 Å². The van der Waals surface area contributed by atoms with Crippen LogP contribution in [0, 0.1) is 0 Å². The number of aliphatic carboxylic acids is 1. The monoisotopic (exact) mass is 319 g/mol. The van der Waals surface area contributed by atoms with Gasteiger partial charge < -0.3 is 19.7 Å². The SMILES string of the molecule is CCc1nc(COc2ccc(C(=O)N[C@@H](C)C(=O)O)cc2)no1. The Morgan fingerprint density at radius 1 is 1.35 bits per heavy atom. The van der Waals surface area contributed by atoms with Gasteiger partial charge in [-0.15, -0.1) is 0 Å². The van der Waals surface area contributed by atoms with Crippen LogP contribution in [0.1, 0.15) is 35.9 Å². The maximum atomic E-state index is 11.8. The number of nitrogens with one attached hydrogen (secondary N) is 1. The highest BCUT2D eigenvalue weighted by atomic mass is 16.5. The Hall–Kier alpha value is -2.90. The molecular weight excluding hydrogens is 302 g/mol. The number of amides is 1. The molecule has 1 atom stereocenters. The van der Waals surface area contributed by atoms with E-state index in [-0.39, 0.29) is 6.61 Å². The minimum Gasteiger partial charge on any atom is -0.485 e. The minimum atomic E-state index is -1.09. The summed E-state index contributed by atoms with van der Waals surface area (Å²) >= 11 is 0. The fraction of sp³-hybridized carbons (Fsp3) is 0.333. The van der Waals surface area contributed by atoms with E-state index >= 15 is 0 Å². The number of carbonyl (C=O) groups excluding carboxylic acids is 1. The first-order valence-electron chi connectivity index (χ1n) is 7.07. The van der Waals surface area contributed by atoms with Crippen molar-refractivity contribution in [1.82, 2.24) is 15.5 Å². The van der Waals surface area contributed by atoms with Gasteiger partial charge in [-0.3, -0.25) is 9.59 Å². The molecule has 1 aromatic heterocycles. The molecule has 8 nitrogen and oxygen atoms in total. The summed E-state index contributed by atoms with van der Waals surface area (Å²) in [4.78, 5) is 26.7. The van der Waals surface area contributed by atoms with E-state index in [1.54, 1.807) is 24.3 Å². The highest BCUT2D eigenvalue weighted by molar-refractivity contribution is 5.96. The molecule has 0 unspecified atom stereocenters. The molecule has 0 aliphatic rings. The molecule has 1 aromatic carbocycles. The minimum absolute atomic E-state index is 0.158. The highest BCUT2D eigenvalue weighted by Gasteiger charge is 2.15. The second-order valence-electron chi connectivity index (χ2n) is 4.80.